The number of aliphatic imine (C=N–C) groups is 1. The zero-order valence-electron chi connectivity index (χ0n) is 19.1. The van der Waals surface area contributed by atoms with Crippen molar-refractivity contribution in [2.75, 3.05) is 18.8 Å². The van der Waals surface area contributed by atoms with Crippen LogP contribution in [-0.2, 0) is 14.8 Å². The van der Waals surface area contributed by atoms with Crippen LogP contribution in [0.1, 0.15) is 30.5 Å². The number of aromatic nitrogens is 1. The molecule has 1 aromatic heterocycles. The molecule has 1 atom stereocenters. The summed E-state index contributed by atoms with van der Waals surface area (Å²) in [4.78, 5) is 21.6. The largest absolute Gasteiger partial charge is 0.302 e. The van der Waals surface area contributed by atoms with E-state index in [4.69, 9.17) is 4.98 Å². The van der Waals surface area contributed by atoms with E-state index in [-0.39, 0.29) is 11.7 Å². The van der Waals surface area contributed by atoms with Gasteiger partial charge in [-0.3, -0.25) is 4.79 Å². The number of fused-ring (bicyclic) bond motifs is 1. The van der Waals surface area contributed by atoms with E-state index in [9.17, 15) is 13.6 Å². The summed E-state index contributed by atoms with van der Waals surface area (Å²) in [7, 11) is -3.28. The van der Waals surface area contributed by atoms with Crippen LogP contribution in [0.2, 0.25) is 0 Å². The average molecular weight is 472 g/mol. The third kappa shape index (κ3) is 5.38. The molecule has 170 valence electrons. The third-order valence-electron chi connectivity index (χ3n) is 5.18. The fraction of sp³-hybridized carbons (Fsp3) is 0.333. The zero-order valence-corrected chi connectivity index (χ0v) is 20.7. The van der Waals surface area contributed by atoms with Crippen molar-refractivity contribution in [2.45, 2.75) is 39.6 Å². The Morgan fingerprint density at radius 2 is 1.72 bits per heavy atom. The van der Waals surface area contributed by atoms with Crippen molar-refractivity contribution in [3.05, 3.63) is 59.2 Å². The first-order valence-electron chi connectivity index (χ1n) is 10.5. The van der Waals surface area contributed by atoms with Crippen molar-refractivity contribution >= 4 is 49.1 Å². The van der Waals surface area contributed by atoms with Crippen LogP contribution in [0.3, 0.4) is 0 Å². The molecule has 1 heterocycles. The Bertz CT molecular complexity index is 1250. The molecule has 3 rings (SSSR count). The number of thioether (sulfide) groups is 1. The molecule has 0 radical (unpaired) electrons. The Balaban J connectivity index is 1.73. The Morgan fingerprint density at radius 1 is 1.06 bits per heavy atom. The van der Waals surface area contributed by atoms with Gasteiger partial charge in [0, 0.05) is 18.5 Å². The Hall–Kier alpha value is -2.26. The van der Waals surface area contributed by atoms with E-state index >= 15 is 0 Å². The fourth-order valence-electron chi connectivity index (χ4n) is 3.61. The van der Waals surface area contributed by atoms with Crippen LogP contribution in [0.15, 0.2) is 52.5 Å². The lowest BCUT2D eigenvalue weighted by Gasteiger charge is -2.21. The van der Waals surface area contributed by atoms with Crippen molar-refractivity contribution in [1.29, 1.82) is 0 Å². The summed E-state index contributed by atoms with van der Waals surface area (Å²) in [5, 5.41) is 1.92. The maximum atomic E-state index is 12.7. The van der Waals surface area contributed by atoms with Crippen molar-refractivity contribution in [1.82, 2.24) is 9.29 Å². The van der Waals surface area contributed by atoms with E-state index in [0.717, 1.165) is 27.1 Å². The summed E-state index contributed by atoms with van der Waals surface area (Å²) in [6.07, 6.45) is 6.31. The number of benzene rings is 1. The van der Waals surface area contributed by atoms with E-state index in [2.05, 4.69) is 30.1 Å². The molecule has 0 aliphatic heterocycles. The molecule has 1 N–H and O–H groups in total. The highest BCUT2D eigenvalue weighted by Crippen LogP contribution is 2.27. The normalized spacial score (nSPS) is 15.5. The lowest BCUT2D eigenvalue weighted by Crippen LogP contribution is -2.34. The van der Waals surface area contributed by atoms with E-state index in [1.165, 1.54) is 21.6 Å². The molecule has 1 aliphatic rings. The highest BCUT2D eigenvalue weighted by Gasteiger charge is 2.17. The Kier molecular flexibility index (Phi) is 7.71. The molecule has 1 amide bonds. The number of rotatable bonds is 6. The van der Waals surface area contributed by atoms with Gasteiger partial charge in [-0.25, -0.2) is 18.5 Å². The number of pyridine rings is 1. The van der Waals surface area contributed by atoms with Crippen LogP contribution in [0.5, 0.6) is 0 Å². The van der Waals surface area contributed by atoms with Crippen LogP contribution in [0.4, 0.5) is 0 Å². The monoisotopic (exact) mass is 471 g/mol. The molecule has 2 aromatic rings. The van der Waals surface area contributed by atoms with Gasteiger partial charge in [0.25, 0.3) is 5.91 Å². The first-order valence-corrected chi connectivity index (χ1v) is 13.0. The van der Waals surface area contributed by atoms with E-state index in [1.54, 1.807) is 24.3 Å². The molecule has 1 unspecified atom stereocenters. The van der Waals surface area contributed by atoms with E-state index in [0.29, 0.717) is 23.7 Å². The minimum atomic E-state index is -3.28. The first-order chi connectivity index (χ1) is 15.1. The lowest BCUT2D eigenvalue weighted by molar-refractivity contribution is -0.115. The van der Waals surface area contributed by atoms with Crippen molar-refractivity contribution in [3.63, 3.8) is 0 Å². The predicted octanol–water partition coefficient (Wildman–Crippen LogP) is 4.53. The number of nitrogens with zero attached hydrogens (tertiary/aromatic N) is 3. The molecule has 1 aromatic carbocycles. The number of amides is 1. The summed E-state index contributed by atoms with van der Waals surface area (Å²) in [5.41, 5.74) is 4.75. The highest BCUT2D eigenvalue weighted by molar-refractivity contribution is 8.00. The average Bonchev–Trinajstić information content (AvgIpc) is 2.73. The molecule has 6 nitrogen and oxygen atoms in total. The molecule has 0 fully saturated rings. The highest BCUT2D eigenvalue weighted by atomic mass is 32.2. The number of hydrogen-bond donors (Lipinski definition) is 1. The van der Waals surface area contributed by atoms with E-state index < -0.39 is 9.99 Å². The standard InChI is InChI=1S/C24H29N3O3S2/c1-6-27(7-2)32(29,30)21-10-8-20(9-11-21)25-22(28)15-31-24-18(5)14-19-13-16(3)12-17(4)23(19)26-24/h8-14H,6-7,15H2,1-5H3,(H,29,30). The van der Waals surface area contributed by atoms with Gasteiger partial charge >= 0.3 is 0 Å². The van der Waals surface area contributed by atoms with Gasteiger partial charge in [-0.1, -0.05) is 37.2 Å². The third-order valence-corrected chi connectivity index (χ3v) is 8.36. The van der Waals surface area contributed by atoms with Gasteiger partial charge in [-0.05, 0) is 68.3 Å². The summed E-state index contributed by atoms with van der Waals surface area (Å²) in [6, 6.07) is 6.33. The summed E-state index contributed by atoms with van der Waals surface area (Å²) < 4.78 is 24.6. The van der Waals surface area contributed by atoms with Gasteiger partial charge in [0.2, 0.25) is 0 Å². The van der Waals surface area contributed by atoms with Gasteiger partial charge < -0.3 is 4.55 Å². The fourth-order valence-corrected chi connectivity index (χ4v) is 5.87. The molecule has 0 bridgehead atoms. The van der Waals surface area contributed by atoms with Crippen molar-refractivity contribution < 1.29 is 13.6 Å². The molecule has 0 saturated heterocycles. The summed E-state index contributed by atoms with van der Waals surface area (Å²) in [5.74, 6) is -0.111. The minimum Gasteiger partial charge on any atom is -0.302 e. The lowest BCUT2D eigenvalue weighted by atomic mass is 10.1. The predicted molar refractivity (Wildman–Crippen MR) is 136 cm³/mol. The smallest absolute Gasteiger partial charge is 0.256 e. The number of hydrogen-bond acceptors (Lipinski definition) is 4. The summed E-state index contributed by atoms with van der Waals surface area (Å²) in [6.45, 7) is 10.7. The number of allylic oxidation sites excluding steroid dienone is 4. The van der Waals surface area contributed by atoms with Crippen molar-refractivity contribution in [3.8, 4) is 0 Å². The number of carbonyl (C=O) groups is 1. The molecular weight excluding hydrogens is 442 g/mol. The molecule has 32 heavy (non-hydrogen) atoms. The first kappa shape index (κ1) is 24.4. The second kappa shape index (κ2) is 10.1. The van der Waals surface area contributed by atoms with Crippen LogP contribution in [-0.4, -0.2) is 53.4 Å². The van der Waals surface area contributed by atoms with Gasteiger partial charge in [0.05, 0.1) is 21.8 Å². The van der Waals surface area contributed by atoms with E-state index in [1.807, 2.05) is 27.7 Å². The van der Waals surface area contributed by atoms with Crippen LogP contribution in [0.25, 0.3) is 10.9 Å². The van der Waals surface area contributed by atoms with Gasteiger partial charge in [0.15, 0.2) is 9.99 Å². The Morgan fingerprint density at radius 3 is 2.34 bits per heavy atom. The molecule has 0 spiro atoms. The maximum absolute atomic E-state index is 12.7. The molecule has 0 saturated carbocycles. The second-order valence-electron chi connectivity index (χ2n) is 7.66. The minimum absolute atomic E-state index is 0.169. The Labute approximate surface area is 194 Å². The summed E-state index contributed by atoms with van der Waals surface area (Å²) >= 11 is 1.37. The molecule has 8 heteroatoms. The number of aryl methyl sites for hydroxylation is 3. The second-order valence-corrected chi connectivity index (χ2v) is 10.6. The van der Waals surface area contributed by atoms with Crippen molar-refractivity contribution in [2.24, 2.45) is 4.99 Å². The zero-order chi connectivity index (χ0) is 23.5. The van der Waals surface area contributed by atoms with Gasteiger partial charge in [0.1, 0.15) is 5.03 Å². The SMILES string of the molecule is CCN(CC)S(=O)(O)=C1C=CC(=NC(=O)CSc2nc3c(C)cc(C)cc3cc2C)C=C1. The van der Waals surface area contributed by atoms with Crippen LogP contribution < -0.4 is 0 Å². The topological polar surface area (TPSA) is 82.9 Å². The van der Waals surface area contributed by atoms with Gasteiger partial charge in [-0.15, -0.1) is 0 Å². The molecular formula is C24H29N3O3S2. The number of carbonyl (C=O) groups excluding carboxylic acids is 1. The van der Waals surface area contributed by atoms with Crippen LogP contribution >= 0.6 is 11.8 Å². The quantitative estimate of drug-likeness (QED) is 0.494. The van der Waals surface area contributed by atoms with Gasteiger partial charge in [-0.2, -0.15) is 0 Å². The molecule has 1 aliphatic carbocycles. The maximum Gasteiger partial charge on any atom is 0.256 e. The van der Waals surface area contributed by atoms with Crippen LogP contribution in [0, 0.1) is 20.8 Å².